The van der Waals surface area contributed by atoms with E-state index in [1.54, 1.807) is 18.2 Å². The highest BCUT2D eigenvalue weighted by Crippen LogP contribution is 2.39. The molecule has 0 spiro atoms. The van der Waals surface area contributed by atoms with Gasteiger partial charge >= 0.3 is 5.69 Å². The number of nitro groups is 1. The fraction of sp³-hybridized carbons (Fsp3) is 0.538. The quantitative estimate of drug-likeness (QED) is 0.652. The maximum atomic E-state index is 11.2. The van der Waals surface area contributed by atoms with Crippen molar-refractivity contribution in [2.24, 2.45) is 5.73 Å². The first kappa shape index (κ1) is 13.6. The molecule has 19 heavy (non-hydrogen) atoms. The average molecular weight is 266 g/mol. The molecule has 0 aliphatic heterocycles. The predicted octanol–water partition coefficient (Wildman–Crippen LogP) is 2.25. The molecule has 6 heteroatoms. The topological polar surface area (TPSA) is 87.6 Å². The number of benzene rings is 1. The highest BCUT2D eigenvalue weighted by Gasteiger charge is 2.31. The Kier molecular flexibility index (Phi) is 3.90. The minimum Gasteiger partial charge on any atom is -0.484 e. The normalized spacial score (nSPS) is 21.9. The molecular formula is C13H18N2O4. The third-order valence-corrected chi connectivity index (χ3v) is 2.93. The van der Waals surface area contributed by atoms with Crippen LogP contribution in [-0.2, 0) is 0 Å². The molecular weight excluding hydrogens is 248 g/mol. The molecule has 0 heterocycles. The van der Waals surface area contributed by atoms with E-state index < -0.39 is 4.92 Å². The van der Waals surface area contributed by atoms with Gasteiger partial charge in [-0.3, -0.25) is 10.1 Å². The van der Waals surface area contributed by atoms with Gasteiger partial charge in [0.2, 0.25) is 11.5 Å². The van der Waals surface area contributed by atoms with Crippen LogP contribution >= 0.6 is 0 Å². The first-order chi connectivity index (χ1) is 8.97. The van der Waals surface area contributed by atoms with E-state index in [4.69, 9.17) is 15.2 Å². The number of hydrogen-bond acceptors (Lipinski definition) is 5. The van der Waals surface area contributed by atoms with Crippen molar-refractivity contribution in [3.8, 4) is 11.5 Å². The molecule has 0 unspecified atom stereocenters. The fourth-order valence-corrected chi connectivity index (χ4v) is 2.01. The van der Waals surface area contributed by atoms with E-state index in [2.05, 4.69) is 0 Å². The molecule has 0 bridgehead atoms. The van der Waals surface area contributed by atoms with E-state index in [1.165, 1.54) is 0 Å². The summed E-state index contributed by atoms with van der Waals surface area (Å²) in [6.45, 7) is 3.64. The van der Waals surface area contributed by atoms with Crippen LogP contribution in [0.1, 0.15) is 26.7 Å². The van der Waals surface area contributed by atoms with Crippen LogP contribution in [0.3, 0.4) is 0 Å². The molecule has 1 saturated carbocycles. The number of nitrogens with two attached hydrogens (primary N) is 1. The lowest BCUT2D eigenvalue weighted by Gasteiger charge is -2.32. The Morgan fingerprint density at radius 2 is 2.00 bits per heavy atom. The van der Waals surface area contributed by atoms with Gasteiger partial charge in [-0.05, 0) is 38.8 Å². The molecule has 0 aromatic heterocycles. The van der Waals surface area contributed by atoms with Gasteiger partial charge in [-0.2, -0.15) is 0 Å². The predicted molar refractivity (Wildman–Crippen MR) is 70.5 cm³/mol. The second-order valence-corrected chi connectivity index (χ2v) is 5.00. The largest absolute Gasteiger partial charge is 0.484 e. The summed E-state index contributed by atoms with van der Waals surface area (Å²) in [6, 6.07) is 5.00. The van der Waals surface area contributed by atoms with Crippen molar-refractivity contribution in [2.75, 3.05) is 0 Å². The van der Waals surface area contributed by atoms with Crippen LogP contribution in [0.25, 0.3) is 0 Å². The van der Waals surface area contributed by atoms with Crippen LogP contribution in [0, 0.1) is 10.1 Å². The van der Waals surface area contributed by atoms with Crippen LogP contribution in [-0.4, -0.2) is 23.2 Å². The van der Waals surface area contributed by atoms with Crippen molar-refractivity contribution in [1.82, 2.24) is 0 Å². The van der Waals surface area contributed by atoms with Gasteiger partial charge in [-0.15, -0.1) is 0 Å². The first-order valence-electron chi connectivity index (χ1n) is 6.33. The summed E-state index contributed by atoms with van der Waals surface area (Å²) < 4.78 is 11.1. The summed E-state index contributed by atoms with van der Waals surface area (Å²) in [5, 5.41) is 11.2. The third-order valence-electron chi connectivity index (χ3n) is 2.93. The summed E-state index contributed by atoms with van der Waals surface area (Å²) in [6.07, 6.45) is 1.29. The zero-order valence-electron chi connectivity index (χ0n) is 11.0. The first-order valence-corrected chi connectivity index (χ1v) is 6.33. The van der Waals surface area contributed by atoms with Crippen LogP contribution in [0.2, 0.25) is 0 Å². The third kappa shape index (κ3) is 3.14. The van der Waals surface area contributed by atoms with E-state index in [1.807, 2.05) is 13.8 Å². The standard InChI is InChI=1S/C13H18N2O4/c1-8(2)18-11-4-3-5-12(13(11)15(16)17)19-10-6-9(14)7-10/h3-5,8-10H,6-7,14H2,1-2H3. The fourth-order valence-electron chi connectivity index (χ4n) is 2.01. The van der Waals surface area contributed by atoms with Gasteiger partial charge < -0.3 is 15.2 Å². The van der Waals surface area contributed by atoms with E-state index in [0.29, 0.717) is 0 Å². The summed E-state index contributed by atoms with van der Waals surface area (Å²) in [5.41, 5.74) is 5.56. The molecule has 6 nitrogen and oxygen atoms in total. The molecule has 2 N–H and O–H groups in total. The van der Waals surface area contributed by atoms with E-state index >= 15 is 0 Å². The van der Waals surface area contributed by atoms with Gasteiger partial charge in [0.05, 0.1) is 11.0 Å². The van der Waals surface area contributed by atoms with Gasteiger partial charge in [0, 0.05) is 6.04 Å². The summed E-state index contributed by atoms with van der Waals surface area (Å²) in [7, 11) is 0. The van der Waals surface area contributed by atoms with Crippen LogP contribution in [0.15, 0.2) is 18.2 Å². The summed E-state index contributed by atoms with van der Waals surface area (Å²) in [4.78, 5) is 10.7. The molecule has 0 radical (unpaired) electrons. The Morgan fingerprint density at radius 3 is 2.53 bits per heavy atom. The second kappa shape index (κ2) is 5.44. The Hall–Kier alpha value is -1.82. The molecule has 0 atom stereocenters. The number of para-hydroxylation sites is 1. The minimum atomic E-state index is -0.467. The smallest absolute Gasteiger partial charge is 0.352 e. The molecule has 0 saturated heterocycles. The number of nitrogens with zero attached hydrogens (tertiary/aromatic N) is 1. The monoisotopic (exact) mass is 266 g/mol. The Labute approximate surface area is 111 Å². The molecule has 2 rings (SSSR count). The van der Waals surface area contributed by atoms with E-state index in [9.17, 15) is 10.1 Å². The average Bonchev–Trinajstić information content (AvgIpc) is 2.25. The molecule has 1 fully saturated rings. The van der Waals surface area contributed by atoms with Crippen LogP contribution < -0.4 is 15.2 Å². The lowest BCUT2D eigenvalue weighted by Crippen LogP contribution is -2.43. The van der Waals surface area contributed by atoms with Gasteiger partial charge in [-0.1, -0.05) is 6.07 Å². The van der Waals surface area contributed by atoms with Crippen molar-refractivity contribution >= 4 is 5.69 Å². The zero-order valence-corrected chi connectivity index (χ0v) is 11.0. The number of ether oxygens (including phenoxy) is 2. The molecule has 104 valence electrons. The lowest BCUT2D eigenvalue weighted by atomic mass is 9.90. The highest BCUT2D eigenvalue weighted by atomic mass is 16.6. The van der Waals surface area contributed by atoms with Crippen LogP contribution in [0.4, 0.5) is 5.69 Å². The minimum absolute atomic E-state index is 0.0389. The summed E-state index contributed by atoms with van der Waals surface area (Å²) >= 11 is 0. The highest BCUT2D eigenvalue weighted by molar-refractivity contribution is 5.57. The summed E-state index contributed by atoms with van der Waals surface area (Å²) in [5.74, 6) is 0.487. The van der Waals surface area contributed by atoms with Crippen LogP contribution in [0.5, 0.6) is 11.5 Å². The molecule has 1 aromatic rings. The van der Waals surface area contributed by atoms with Gasteiger partial charge in [0.15, 0.2) is 0 Å². The maximum Gasteiger partial charge on any atom is 0.352 e. The maximum absolute atomic E-state index is 11.2. The molecule has 1 aliphatic rings. The van der Waals surface area contributed by atoms with Gasteiger partial charge in [0.25, 0.3) is 0 Å². The Balaban J connectivity index is 2.23. The molecule has 1 aliphatic carbocycles. The van der Waals surface area contributed by atoms with E-state index in [-0.39, 0.29) is 35.4 Å². The lowest BCUT2D eigenvalue weighted by molar-refractivity contribution is -0.387. The molecule has 1 aromatic carbocycles. The van der Waals surface area contributed by atoms with Crippen molar-refractivity contribution in [3.05, 3.63) is 28.3 Å². The number of rotatable bonds is 5. The number of nitro benzene ring substituents is 1. The molecule has 0 amide bonds. The van der Waals surface area contributed by atoms with Gasteiger partial charge in [-0.25, -0.2) is 0 Å². The van der Waals surface area contributed by atoms with Gasteiger partial charge in [0.1, 0.15) is 6.10 Å². The zero-order chi connectivity index (χ0) is 14.0. The van der Waals surface area contributed by atoms with Crippen molar-refractivity contribution in [2.45, 2.75) is 44.9 Å². The SMILES string of the molecule is CC(C)Oc1cccc(OC2CC(N)C2)c1[N+](=O)[O-]. The van der Waals surface area contributed by atoms with E-state index in [0.717, 1.165) is 12.8 Å². The Bertz CT molecular complexity index is 470. The van der Waals surface area contributed by atoms with Crippen molar-refractivity contribution in [3.63, 3.8) is 0 Å². The van der Waals surface area contributed by atoms with Crippen molar-refractivity contribution in [1.29, 1.82) is 0 Å². The van der Waals surface area contributed by atoms with Crippen molar-refractivity contribution < 1.29 is 14.4 Å². The second-order valence-electron chi connectivity index (χ2n) is 5.00. The Morgan fingerprint density at radius 1 is 1.37 bits per heavy atom. The number of hydrogen-bond donors (Lipinski definition) is 1.